The van der Waals surface area contributed by atoms with Crippen LogP contribution in [0.3, 0.4) is 0 Å². The van der Waals surface area contributed by atoms with E-state index in [-0.39, 0.29) is 34.5 Å². The van der Waals surface area contributed by atoms with E-state index in [0.29, 0.717) is 0 Å². The molecule has 3 aromatic rings. The van der Waals surface area contributed by atoms with Crippen LogP contribution in [-0.4, -0.2) is 23.3 Å². The van der Waals surface area contributed by atoms with Crippen molar-refractivity contribution in [3.8, 4) is 11.5 Å². The molecule has 0 spiro atoms. The van der Waals surface area contributed by atoms with Crippen LogP contribution in [0.1, 0.15) is 17.2 Å². The maximum atomic E-state index is 9.97. The normalized spacial score (nSPS) is 15.5. The molecule has 1 unspecified atom stereocenters. The predicted octanol–water partition coefficient (Wildman–Crippen LogP) is 4.70. The summed E-state index contributed by atoms with van der Waals surface area (Å²) in [7, 11) is 0. The van der Waals surface area contributed by atoms with Crippen molar-refractivity contribution < 1.29 is 10.2 Å². The van der Waals surface area contributed by atoms with Gasteiger partial charge in [0.2, 0.25) is 0 Å². The number of hydrogen-bond acceptors (Lipinski definition) is 4. The predicted molar refractivity (Wildman–Crippen MR) is 114 cm³/mol. The molecule has 5 heteroatoms. The van der Waals surface area contributed by atoms with E-state index in [1.54, 1.807) is 12.1 Å². The van der Waals surface area contributed by atoms with Gasteiger partial charge in [0.15, 0.2) is 11.5 Å². The highest BCUT2D eigenvalue weighted by molar-refractivity contribution is 8.93. The minimum atomic E-state index is -0.0663. The van der Waals surface area contributed by atoms with Crippen LogP contribution < -0.4 is 10.2 Å². The van der Waals surface area contributed by atoms with Crippen molar-refractivity contribution in [3.05, 3.63) is 83.9 Å². The van der Waals surface area contributed by atoms with Gasteiger partial charge in [-0.25, -0.2) is 0 Å². The molecule has 0 bridgehead atoms. The smallest absolute Gasteiger partial charge is 0.157 e. The van der Waals surface area contributed by atoms with Crippen LogP contribution in [-0.2, 0) is 6.42 Å². The monoisotopic (exact) mass is 426 g/mol. The number of halogens is 1. The molecule has 0 saturated heterocycles. The second-order valence-electron chi connectivity index (χ2n) is 6.58. The summed E-state index contributed by atoms with van der Waals surface area (Å²) in [6, 6.07) is 24.0. The van der Waals surface area contributed by atoms with Gasteiger partial charge in [-0.2, -0.15) is 0 Å². The zero-order valence-corrected chi connectivity index (χ0v) is 16.6. The van der Waals surface area contributed by atoms with E-state index in [4.69, 9.17) is 0 Å². The number of nitrogens with zero attached hydrogens (tertiary/aromatic N) is 1. The highest BCUT2D eigenvalue weighted by Crippen LogP contribution is 2.35. The summed E-state index contributed by atoms with van der Waals surface area (Å²) >= 11 is 0. The van der Waals surface area contributed by atoms with E-state index in [9.17, 15) is 10.2 Å². The van der Waals surface area contributed by atoms with Gasteiger partial charge < -0.3 is 20.4 Å². The molecule has 1 aliphatic rings. The molecule has 0 saturated carbocycles. The lowest BCUT2D eigenvalue weighted by atomic mass is 9.93. The van der Waals surface area contributed by atoms with Crippen LogP contribution in [0.2, 0.25) is 0 Å². The fraction of sp³-hybridized carbons (Fsp3) is 0.182. The Morgan fingerprint density at radius 1 is 0.852 bits per heavy atom. The molecule has 0 radical (unpaired) electrons. The summed E-state index contributed by atoms with van der Waals surface area (Å²) in [5.74, 6) is -0.115. The summed E-state index contributed by atoms with van der Waals surface area (Å²) in [5, 5.41) is 23.3. The molecule has 4 rings (SSSR count). The van der Waals surface area contributed by atoms with E-state index in [1.807, 2.05) is 36.4 Å². The fourth-order valence-corrected chi connectivity index (χ4v) is 3.59. The van der Waals surface area contributed by atoms with E-state index >= 15 is 0 Å². The van der Waals surface area contributed by atoms with Crippen molar-refractivity contribution in [3.63, 3.8) is 0 Å². The third kappa shape index (κ3) is 4.10. The Balaban J connectivity index is 0.00000210. The van der Waals surface area contributed by atoms with Crippen LogP contribution in [0.5, 0.6) is 11.5 Å². The second kappa shape index (κ2) is 8.46. The quantitative estimate of drug-likeness (QED) is 0.529. The van der Waals surface area contributed by atoms with Crippen molar-refractivity contribution in [1.29, 1.82) is 0 Å². The largest absolute Gasteiger partial charge is 0.504 e. The van der Waals surface area contributed by atoms with Gasteiger partial charge in [-0.3, -0.25) is 0 Å². The summed E-state index contributed by atoms with van der Waals surface area (Å²) < 4.78 is 0. The first kappa shape index (κ1) is 19.3. The molecule has 0 fully saturated rings. The third-order valence-electron chi connectivity index (χ3n) is 4.90. The second-order valence-corrected chi connectivity index (χ2v) is 6.58. The molecule has 1 atom stereocenters. The van der Waals surface area contributed by atoms with Crippen LogP contribution >= 0.6 is 17.0 Å². The van der Waals surface area contributed by atoms with Gasteiger partial charge in [-0.05, 0) is 60.5 Å². The standard InChI is InChI=1S/C22H22N2O2.BrH/c25-21-13-16-11-12-23-20(19(16)14-22(21)26)15-24(17-7-3-1-4-8-17)18-9-5-2-6-10-18;/h1-10,13-14,20,23,25-26H,11-12,15H2;1H. The van der Waals surface area contributed by atoms with Crippen LogP contribution in [0, 0.1) is 0 Å². The molecular weight excluding hydrogens is 404 g/mol. The summed E-state index contributed by atoms with van der Waals surface area (Å²) in [6.45, 7) is 1.57. The Labute approximate surface area is 169 Å². The van der Waals surface area contributed by atoms with E-state index in [0.717, 1.165) is 42.0 Å². The molecule has 27 heavy (non-hydrogen) atoms. The Morgan fingerprint density at radius 2 is 1.41 bits per heavy atom. The van der Waals surface area contributed by atoms with Gasteiger partial charge in [0.1, 0.15) is 0 Å². The lowest BCUT2D eigenvalue weighted by Crippen LogP contribution is -2.37. The van der Waals surface area contributed by atoms with Gasteiger partial charge in [0, 0.05) is 17.9 Å². The highest BCUT2D eigenvalue weighted by Gasteiger charge is 2.24. The SMILES string of the molecule is Br.Oc1cc2c(cc1O)C(CN(c1ccccc1)c1ccccc1)NCC2. The molecule has 1 aliphatic heterocycles. The number of anilines is 2. The number of phenolic OH excluding ortho intramolecular Hbond substituents is 2. The van der Waals surface area contributed by atoms with Crippen molar-refractivity contribution in [2.45, 2.75) is 12.5 Å². The molecule has 0 aliphatic carbocycles. The molecule has 0 amide bonds. The molecule has 4 nitrogen and oxygen atoms in total. The fourth-order valence-electron chi connectivity index (χ4n) is 3.59. The first-order valence-corrected chi connectivity index (χ1v) is 8.88. The number of aromatic hydroxyl groups is 2. The van der Waals surface area contributed by atoms with Gasteiger partial charge in [0.25, 0.3) is 0 Å². The number of benzene rings is 3. The lowest BCUT2D eigenvalue weighted by molar-refractivity contribution is 0.399. The number of nitrogens with one attached hydrogen (secondary N) is 1. The molecule has 3 aromatic carbocycles. The van der Waals surface area contributed by atoms with Crippen molar-refractivity contribution in [2.75, 3.05) is 18.0 Å². The van der Waals surface area contributed by atoms with Crippen LogP contribution in [0.15, 0.2) is 72.8 Å². The highest BCUT2D eigenvalue weighted by atomic mass is 79.9. The number of para-hydroxylation sites is 2. The van der Waals surface area contributed by atoms with Crippen molar-refractivity contribution in [2.24, 2.45) is 0 Å². The number of rotatable bonds is 4. The molecule has 140 valence electrons. The van der Waals surface area contributed by atoms with Gasteiger partial charge in [-0.15, -0.1) is 17.0 Å². The topological polar surface area (TPSA) is 55.7 Å². The summed E-state index contributed by atoms with van der Waals surface area (Å²) in [4.78, 5) is 2.27. The average Bonchev–Trinajstić information content (AvgIpc) is 2.68. The number of phenols is 2. The van der Waals surface area contributed by atoms with E-state index < -0.39 is 0 Å². The molecular formula is C22H23BrN2O2. The van der Waals surface area contributed by atoms with E-state index in [1.165, 1.54) is 0 Å². The third-order valence-corrected chi connectivity index (χ3v) is 4.90. The first-order chi connectivity index (χ1) is 12.7. The zero-order valence-electron chi connectivity index (χ0n) is 14.9. The lowest BCUT2D eigenvalue weighted by Gasteiger charge is -2.34. The number of hydrogen-bond donors (Lipinski definition) is 3. The van der Waals surface area contributed by atoms with E-state index in [2.05, 4.69) is 34.5 Å². The minimum Gasteiger partial charge on any atom is -0.504 e. The van der Waals surface area contributed by atoms with Gasteiger partial charge in [-0.1, -0.05) is 36.4 Å². The molecule has 3 N–H and O–H groups in total. The minimum absolute atomic E-state index is 0. The van der Waals surface area contributed by atoms with Crippen molar-refractivity contribution >= 4 is 28.4 Å². The summed E-state index contributed by atoms with van der Waals surface area (Å²) in [5.41, 5.74) is 4.37. The Kier molecular flexibility index (Phi) is 6.04. The Hall–Kier alpha value is -2.50. The Morgan fingerprint density at radius 3 is 2.00 bits per heavy atom. The molecule has 0 aromatic heterocycles. The maximum Gasteiger partial charge on any atom is 0.157 e. The number of fused-ring (bicyclic) bond motifs is 1. The van der Waals surface area contributed by atoms with Gasteiger partial charge in [0.05, 0.1) is 6.04 Å². The van der Waals surface area contributed by atoms with Crippen LogP contribution in [0.25, 0.3) is 0 Å². The average molecular weight is 427 g/mol. The zero-order chi connectivity index (χ0) is 17.9. The van der Waals surface area contributed by atoms with Crippen LogP contribution in [0.4, 0.5) is 11.4 Å². The summed E-state index contributed by atoms with van der Waals surface area (Å²) in [6.07, 6.45) is 0.844. The van der Waals surface area contributed by atoms with Gasteiger partial charge >= 0.3 is 0 Å². The first-order valence-electron chi connectivity index (χ1n) is 8.88. The molecule has 1 heterocycles. The Bertz CT molecular complexity index is 848. The van der Waals surface area contributed by atoms with Crippen molar-refractivity contribution in [1.82, 2.24) is 5.32 Å². The maximum absolute atomic E-state index is 9.97.